The normalized spacial score (nSPS) is 22.4. The monoisotopic (exact) mass is 331 g/mol. The van der Waals surface area contributed by atoms with Crippen LogP contribution in [0, 0.1) is 0 Å². The number of hydrogen-bond acceptors (Lipinski definition) is 3. The van der Waals surface area contributed by atoms with Crippen molar-refractivity contribution in [3.8, 4) is 0 Å². The molecular formula is C19H29N3O2. The third kappa shape index (κ3) is 4.71. The van der Waals surface area contributed by atoms with E-state index in [1.54, 1.807) is 0 Å². The summed E-state index contributed by atoms with van der Waals surface area (Å²) in [6.45, 7) is 4.16. The minimum Gasteiger partial charge on any atom is -0.379 e. The summed E-state index contributed by atoms with van der Waals surface area (Å²) in [6, 6.07) is 10.8. The Labute approximate surface area is 144 Å². The molecule has 1 aliphatic carbocycles. The van der Waals surface area contributed by atoms with E-state index < -0.39 is 0 Å². The average molecular weight is 331 g/mol. The van der Waals surface area contributed by atoms with Crippen molar-refractivity contribution in [2.45, 2.75) is 37.2 Å². The molecule has 1 aromatic carbocycles. The van der Waals surface area contributed by atoms with Gasteiger partial charge in [-0.25, -0.2) is 0 Å². The van der Waals surface area contributed by atoms with Gasteiger partial charge in [0.15, 0.2) is 5.96 Å². The summed E-state index contributed by atoms with van der Waals surface area (Å²) < 4.78 is 11.1. The van der Waals surface area contributed by atoms with E-state index in [1.807, 2.05) is 7.05 Å². The van der Waals surface area contributed by atoms with Gasteiger partial charge >= 0.3 is 0 Å². The number of aliphatic imine (C=N–C) groups is 1. The maximum atomic E-state index is 5.78. The first-order valence-electron chi connectivity index (χ1n) is 9.02. The molecule has 1 aliphatic heterocycles. The smallest absolute Gasteiger partial charge is 0.191 e. The van der Waals surface area contributed by atoms with E-state index in [0.29, 0.717) is 11.5 Å². The Hall–Kier alpha value is -1.59. The molecule has 3 rings (SSSR count). The van der Waals surface area contributed by atoms with Crippen LogP contribution in [0.4, 0.5) is 0 Å². The topological polar surface area (TPSA) is 54.9 Å². The zero-order chi connectivity index (χ0) is 16.7. The Balaban J connectivity index is 1.33. The molecule has 2 N–H and O–H groups in total. The van der Waals surface area contributed by atoms with E-state index in [0.717, 1.165) is 51.7 Å². The first-order chi connectivity index (χ1) is 11.8. The third-order valence-electron chi connectivity index (χ3n) is 4.91. The second-order valence-electron chi connectivity index (χ2n) is 6.71. The van der Waals surface area contributed by atoms with Gasteiger partial charge in [-0.1, -0.05) is 30.3 Å². The lowest BCUT2D eigenvalue weighted by atomic mass is 9.96. The quantitative estimate of drug-likeness (QED) is 0.435. The second-order valence-corrected chi connectivity index (χ2v) is 6.71. The average Bonchev–Trinajstić information content (AvgIpc) is 3.24. The fourth-order valence-electron chi connectivity index (χ4n) is 3.16. The van der Waals surface area contributed by atoms with Crippen molar-refractivity contribution in [2.75, 3.05) is 40.0 Å². The maximum absolute atomic E-state index is 5.78. The molecule has 2 fully saturated rings. The zero-order valence-electron chi connectivity index (χ0n) is 14.6. The lowest BCUT2D eigenvalue weighted by Gasteiger charge is -2.19. The van der Waals surface area contributed by atoms with E-state index in [1.165, 1.54) is 18.4 Å². The molecular weight excluding hydrogens is 302 g/mol. The Morgan fingerprint density at radius 3 is 2.79 bits per heavy atom. The summed E-state index contributed by atoms with van der Waals surface area (Å²) in [4.78, 5) is 4.32. The zero-order valence-corrected chi connectivity index (χ0v) is 14.6. The van der Waals surface area contributed by atoms with Gasteiger partial charge in [0.2, 0.25) is 0 Å². The van der Waals surface area contributed by atoms with Gasteiger partial charge in [-0.2, -0.15) is 0 Å². The third-order valence-corrected chi connectivity index (χ3v) is 4.91. The lowest BCUT2D eigenvalue weighted by molar-refractivity contribution is 0.0420. The van der Waals surface area contributed by atoms with Gasteiger partial charge in [0.1, 0.15) is 0 Å². The highest BCUT2D eigenvalue weighted by atomic mass is 16.5. The van der Waals surface area contributed by atoms with Gasteiger partial charge in [0.05, 0.1) is 12.7 Å². The van der Waals surface area contributed by atoms with Crippen molar-refractivity contribution in [2.24, 2.45) is 4.99 Å². The first kappa shape index (κ1) is 17.2. The Morgan fingerprint density at radius 2 is 2.12 bits per heavy atom. The molecule has 24 heavy (non-hydrogen) atoms. The summed E-state index contributed by atoms with van der Waals surface area (Å²) in [5, 5.41) is 6.86. The molecule has 0 bridgehead atoms. The van der Waals surface area contributed by atoms with E-state index in [4.69, 9.17) is 9.47 Å². The predicted molar refractivity (Wildman–Crippen MR) is 96.5 cm³/mol. The van der Waals surface area contributed by atoms with Gasteiger partial charge < -0.3 is 20.1 Å². The SMILES string of the molecule is CN=C(NCCCOC1CCOC1)NCC1(c2ccccc2)CC1. The molecule has 132 valence electrons. The van der Waals surface area contributed by atoms with Crippen molar-refractivity contribution >= 4 is 5.96 Å². The van der Waals surface area contributed by atoms with Crippen LogP contribution in [-0.2, 0) is 14.9 Å². The Morgan fingerprint density at radius 1 is 1.29 bits per heavy atom. The molecule has 1 saturated heterocycles. The number of guanidine groups is 1. The van der Waals surface area contributed by atoms with Crippen LogP contribution in [0.15, 0.2) is 35.3 Å². The summed E-state index contributed by atoms with van der Waals surface area (Å²) in [5.41, 5.74) is 1.73. The molecule has 1 aromatic rings. The number of hydrogen-bond donors (Lipinski definition) is 2. The van der Waals surface area contributed by atoms with E-state index in [9.17, 15) is 0 Å². The number of benzene rings is 1. The largest absolute Gasteiger partial charge is 0.379 e. The van der Waals surface area contributed by atoms with Crippen LogP contribution in [0.3, 0.4) is 0 Å². The molecule has 1 heterocycles. The highest BCUT2D eigenvalue weighted by molar-refractivity contribution is 5.79. The molecule has 0 amide bonds. The fourth-order valence-corrected chi connectivity index (χ4v) is 3.16. The van der Waals surface area contributed by atoms with Gasteiger partial charge in [0.25, 0.3) is 0 Å². The number of ether oxygens (including phenoxy) is 2. The molecule has 1 atom stereocenters. The van der Waals surface area contributed by atoms with E-state index in [-0.39, 0.29) is 0 Å². The maximum Gasteiger partial charge on any atom is 0.191 e. The molecule has 0 spiro atoms. The highest BCUT2D eigenvalue weighted by Gasteiger charge is 2.43. The van der Waals surface area contributed by atoms with Crippen molar-refractivity contribution in [3.05, 3.63) is 35.9 Å². The highest BCUT2D eigenvalue weighted by Crippen LogP contribution is 2.47. The number of nitrogens with zero attached hydrogens (tertiary/aromatic N) is 1. The number of nitrogens with one attached hydrogen (secondary N) is 2. The Kier molecular flexibility index (Phi) is 6.10. The van der Waals surface area contributed by atoms with Crippen LogP contribution < -0.4 is 10.6 Å². The van der Waals surface area contributed by atoms with Crippen LogP contribution in [0.25, 0.3) is 0 Å². The summed E-state index contributed by atoms with van der Waals surface area (Å²) in [5.74, 6) is 0.876. The predicted octanol–water partition coefficient (Wildman–Crippen LogP) is 2.08. The molecule has 5 heteroatoms. The Bertz CT molecular complexity index is 523. The molecule has 5 nitrogen and oxygen atoms in total. The van der Waals surface area contributed by atoms with Crippen molar-refractivity contribution in [1.29, 1.82) is 0 Å². The van der Waals surface area contributed by atoms with Gasteiger partial charge in [0, 0.05) is 38.8 Å². The second kappa shape index (κ2) is 8.49. The van der Waals surface area contributed by atoms with Crippen LogP contribution in [0.5, 0.6) is 0 Å². The first-order valence-corrected chi connectivity index (χ1v) is 9.02. The fraction of sp³-hybridized carbons (Fsp3) is 0.632. The van der Waals surface area contributed by atoms with Crippen LogP contribution in [0.2, 0.25) is 0 Å². The van der Waals surface area contributed by atoms with Crippen LogP contribution in [-0.4, -0.2) is 52.0 Å². The van der Waals surface area contributed by atoms with Gasteiger partial charge in [-0.3, -0.25) is 4.99 Å². The summed E-state index contributed by atoms with van der Waals surface area (Å²) in [6.07, 6.45) is 4.79. The van der Waals surface area contributed by atoms with Crippen molar-refractivity contribution < 1.29 is 9.47 Å². The minimum absolute atomic E-state index is 0.294. The standard InChI is InChI=1S/C19H29N3O2/c1-20-18(21-11-5-12-24-17-8-13-23-14-17)22-15-19(9-10-19)16-6-3-2-4-7-16/h2-4,6-7,17H,5,8-15H2,1H3,(H2,20,21,22). The minimum atomic E-state index is 0.294. The van der Waals surface area contributed by atoms with Gasteiger partial charge in [-0.15, -0.1) is 0 Å². The summed E-state index contributed by atoms with van der Waals surface area (Å²) >= 11 is 0. The molecule has 1 unspecified atom stereocenters. The van der Waals surface area contributed by atoms with Crippen LogP contribution >= 0.6 is 0 Å². The van der Waals surface area contributed by atoms with Crippen LogP contribution in [0.1, 0.15) is 31.2 Å². The molecule has 0 radical (unpaired) electrons. The summed E-state index contributed by atoms with van der Waals surface area (Å²) in [7, 11) is 1.82. The van der Waals surface area contributed by atoms with E-state index in [2.05, 4.69) is 46.0 Å². The molecule has 0 aromatic heterocycles. The van der Waals surface area contributed by atoms with Crippen molar-refractivity contribution in [3.63, 3.8) is 0 Å². The molecule has 2 aliphatic rings. The lowest BCUT2D eigenvalue weighted by Crippen LogP contribution is -2.41. The number of rotatable bonds is 8. The van der Waals surface area contributed by atoms with Gasteiger partial charge in [-0.05, 0) is 31.2 Å². The van der Waals surface area contributed by atoms with Crippen molar-refractivity contribution in [1.82, 2.24) is 10.6 Å². The molecule has 1 saturated carbocycles. The van der Waals surface area contributed by atoms with E-state index >= 15 is 0 Å².